The number of ether oxygens (including phenoxy) is 2. The molecule has 0 unspecified atom stereocenters. The molecule has 0 amide bonds. The summed E-state index contributed by atoms with van der Waals surface area (Å²) in [5.74, 6) is 1.56. The number of rotatable bonds is 6. The summed E-state index contributed by atoms with van der Waals surface area (Å²) >= 11 is 0. The maximum Gasteiger partial charge on any atom is 0.252 e. The van der Waals surface area contributed by atoms with E-state index >= 15 is 0 Å². The van der Waals surface area contributed by atoms with Crippen LogP contribution < -0.4 is 35.7 Å². The summed E-state index contributed by atoms with van der Waals surface area (Å²) in [6.45, 7) is 31.0. The second kappa shape index (κ2) is 19.3. The van der Waals surface area contributed by atoms with E-state index in [9.17, 15) is 0 Å². The van der Waals surface area contributed by atoms with E-state index in [1.165, 1.54) is 89.0 Å². The van der Waals surface area contributed by atoms with E-state index in [4.69, 9.17) is 9.47 Å². The minimum Gasteiger partial charge on any atom is -0.490 e. The summed E-state index contributed by atoms with van der Waals surface area (Å²) in [6.07, 6.45) is 0.826. The van der Waals surface area contributed by atoms with Crippen LogP contribution in [-0.2, 0) is 21.7 Å². The van der Waals surface area contributed by atoms with E-state index in [1.807, 2.05) is 0 Å². The number of hydrogen-bond acceptors (Lipinski definition) is 4. The van der Waals surface area contributed by atoms with Crippen molar-refractivity contribution in [1.82, 2.24) is 0 Å². The Morgan fingerprint density at radius 3 is 1.37 bits per heavy atom. The van der Waals surface area contributed by atoms with E-state index in [0.717, 1.165) is 51.8 Å². The van der Waals surface area contributed by atoms with Gasteiger partial charge in [-0.25, -0.2) is 0 Å². The van der Waals surface area contributed by atoms with Crippen LogP contribution in [0.1, 0.15) is 117 Å². The zero-order valence-electron chi connectivity index (χ0n) is 48.7. The molecule has 9 aromatic rings. The van der Waals surface area contributed by atoms with Crippen LogP contribution in [-0.4, -0.2) is 19.9 Å². The van der Waals surface area contributed by atoms with Crippen LogP contribution in [0.4, 0.5) is 34.1 Å². The quantitative estimate of drug-likeness (QED) is 0.155. The van der Waals surface area contributed by atoms with Gasteiger partial charge in [0, 0.05) is 46.5 Å². The molecule has 3 aliphatic rings. The largest absolute Gasteiger partial charge is 0.490 e. The van der Waals surface area contributed by atoms with Gasteiger partial charge in [-0.05, 0) is 160 Å². The van der Waals surface area contributed by atoms with Gasteiger partial charge in [0.25, 0.3) is 6.71 Å². The van der Waals surface area contributed by atoms with Crippen molar-refractivity contribution < 1.29 is 9.47 Å². The Hall–Kier alpha value is -7.76. The van der Waals surface area contributed by atoms with E-state index in [-0.39, 0.29) is 28.4 Å². The molecule has 0 saturated heterocycles. The monoisotopic (exact) mass is 1030 g/mol. The molecular formula is C74H75BN2O2. The van der Waals surface area contributed by atoms with Crippen LogP contribution in [0, 0.1) is 6.92 Å². The van der Waals surface area contributed by atoms with E-state index in [1.54, 1.807) is 0 Å². The zero-order valence-corrected chi connectivity index (χ0v) is 48.7. The van der Waals surface area contributed by atoms with Gasteiger partial charge in [-0.2, -0.15) is 0 Å². The lowest BCUT2D eigenvalue weighted by Crippen LogP contribution is -2.61. The Kier molecular flexibility index (Phi) is 12.7. The van der Waals surface area contributed by atoms with Crippen molar-refractivity contribution in [2.24, 2.45) is 0 Å². The van der Waals surface area contributed by atoms with Crippen LogP contribution in [0.15, 0.2) is 182 Å². The molecule has 0 fully saturated rings. The Bertz CT molecular complexity index is 3710. The molecule has 396 valence electrons. The maximum atomic E-state index is 6.58. The molecule has 0 radical (unpaired) electrons. The Labute approximate surface area is 471 Å². The topological polar surface area (TPSA) is 24.9 Å². The molecule has 0 spiro atoms. The minimum atomic E-state index is -0.0969. The Morgan fingerprint density at radius 2 is 0.835 bits per heavy atom. The van der Waals surface area contributed by atoms with Gasteiger partial charge in [0.15, 0.2) is 11.5 Å². The highest BCUT2D eigenvalue weighted by Gasteiger charge is 2.45. The summed E-state index contributed by atoms with van der Waals surface area (Å²) in [7, 11) is 0. The summed E-state index contributed by atoms with van der Waals surface area (Å²) in [5.41, 5.74) is 26.5. The smallest absolute Gasteiger partial charge is 0.252 e. The molecule has 4 nitrogen and oxygen atoms in total. The molecule has 12 rings (SSSR count). The van der Waals surface area contributed by atoms with Gasteiger partial charge in [-0.1, -0.05) is 210 Å². The Morgan fingerprint density at radius 1 is 0.354 bits per heavy atom. The fourth-order valence-corrected chi connectivity index (χ4v) is 12.1. The summed E-state index contributed by atoms with van der Waals surface area (Å²) in [4.78, 5) is 5.15. The number of hydrogen-bond donors (Lipinski definition) is 0. The number of fused-ring (bicyclic) bond motifs is 5. The number of nitrogens with zero attached hydrogens (tertiary/aromatic N) is 2. The third kappa shape index (κ3) is 9.64. The summed E-state index contributed by atoms with van der Waals surface area (Å²) in [5, 5.41) is 0. The van der Waals surface area contributed by atoms with Crippen LogP contribution >= 0.6 is 0 Å². The molecule has 5 heteroatoms. The van der Waals surface area contributed by atoms with E-state index in [2.05, 4.69) is 282 Å². The van der Waals surface area contributed by atoms with Crippen LogP contribution in [0.25, 0.3) is 44.5 Å². The van der Waals surface area contributed by atoms with Crippen molar-refractivity contribution in [1.29, 1.82) is 0 Å². The third-order valence-electron chi connectivity index (χ3n) is 16.7. The van der Waals surface area contributed by atoms with Crippen LogP contribution in [0.5, 0.6) is 11.5 Å². The average Bonchev–Trinajstić information content (AvgIpc) is 2.93. The average molecular weight is 1040 g/mol. The van der Waals surface area contributed by atoms with Crippen molar-refractivity contribution >= 4 is 57.2 Å². The van der Waals surface area contributed by atoms with Gasteiger partial charge in [0.05, 0.1) is 18.9 Å². The molecule has 79 heavy (non-hydrogen) atoms. The molecular weight excluding hydrogens is 960 g/mol. The fourth-order valence-electron chi connectivity index (χ4n) is 12.1. The van der Waals surface area contributed by atoms with Gasteiger partial charge in [0.2, 0.25) is 0 Å². The third-order valence-corrected chi connectivity index (χ3v) is 16.7. The summed E-state index contributed by atoms with van der Waals surface area (Å²) < 4.78 is 13.1. The first kappa shape index (κ1) is 52.0. The first-order chi connectivity index (χ1) is 37.6. The summed E-state index contributed by atoms with van der Waals surface area (Å²) in [6, 6.07) is 69.8. The number of aryl methyl sites for hydroxylation is 1. The fraction of sp³-hybridized carbons (Fsp3) is 0.270. The minimum absolute atomic E-state index is 0.0324. The van der Waals surface area contributed by atoms with Crippen molar-refractivity contribution in [3.05, 3.63) is 210 Å². The van der Waals surface area contributed by atoms with Crippen molar-refractivity contribution in [3.63, 3.8) is 0 Å². The van der Waals surface area contributed by atoms with Gasteiger partial charge in [-0.3, -0.25) is 0 Å². The molecule has 0 atom stereocenters. The second-order valence-corrected chi connectivity index (χ2v) is 26.6. The van der Waals surface area contributed by atoms with Crippen LogP contribution in [0.2, 0.25) is 0 Å². The van der Waals surface area contributed by atoms with Crippen LogP contribution in [0.3, 0.4) is 0 Å². The predicted octanol–water partition coefficient (Wildman–Crippen LogP) is 18.1. The van der Waals surface area contributed by atoms with Gasteiger partial charge in [-0.15, -0.1) is 0 Å². The maximum absolute atomic E-state index is 6.58. The first-order valence-corrected chi connectivity index (χ1v) is 28.6. The standard InChI is InChI=1S/C74H75BN2O2/c1-47-38-66-70-67(39-47)77(64-46-69-68(78-36-17-37-79-69)45-60(64)51-18-15-14-16-19-51)63-35-33-58(74(11,12)13)44-62(63)75(70)61-34-26-52(48-20-27-55(28-21-48)71(2,3)4)43-65(61)76(66)59-41-53(49-22-29-56(30-23-49)72(5,6)7)40-54(42-59)50-24-31-57(32-25-50)73(8,9)10/h14-16,18-35,38-46H,17,36-37H2,1-13H3. The highest BCUT2D eigenvalue weighted by atomic mass is 16.5. The highest BCUT2D eigenvalue weighted by molar-refractivity contribution is 7.00. The molecule has 0 bridgehead atoms. The molecule has 0 saturated carbocycles. The Balaban J connectivity index is 1.17. The number of anilines is 6. The highest BCUT2D eigenvalue weighted by Crippen LogP contribution is 2.51. The molecule has 0 aliphatic carbocycles. The van der Waals surface area contributed by atoms with Gasteiger partial charge < -0.3 is 19.3 Å². The number of benzene rings is 9. The SMILES string of the molecule is Cc1cc2c3c(c1)N(c1cc4c(cc1-c1ccccc1)OCCCO4)c1ccc(C(C)(C)C)cc1B3c1ccc(-c3ccc(C(C)(C)C)cc3)cc1N2c1cc(-c2ccc(C(C)(C)C)cc2)cc(-c2ccc(C(C)(C)C)cc2)c1. The molecule has 3 heterocycles. The molecule has 0 aromatic heterocycles. The predicted molar refractivity (Wildman–Crippen MR) is 337 cm³/mol. The lowest BCUT2D eigenvalue weighted by atomic mass is 9.33. The van der Waals surface area contributed by atoms with Crippen molar-refractivity contribution in [3.8, 4) is 56.0 Å². The zero-order chi connectivity index (χ0) is 55.3. The van der Waals surface area contributed by atoms with Gasteiger partial charge >= 0.3 is 0 Å². The molecule has 9 aromatic carbocycles. The lowest BCUT2D eigenvalue weighted by Gasteiger charge is -2.45. The molecule has 3 aliphatic heterocycles. The first-order valence-electron chi connectivity index (χ1n) is 28.6. The van der Waals surface area contributed by atoms with E-state index in [0.29, 0.717) is 13.2 Å². The van der Waals surface area contributed by atoms with Crippen molar-refractivity contribution in [2.45, 2.75) is 118 Å². The van der Waals surface area contributed by atoms with Crippen molar-refractivity contribution in [2.75, 3.05) is 23.0 Å². The second-order valence-electron chi connectivity index (χ2n) is 26.6. The normalized spacial score (nSPS) is 14.1. The lowest BCUT2D eigenvalue weighted by molar-refractivity contribution is 0.297. The van der Waals surface area contributed by atoms with Gasteiger partial charge in [0.1, 0.15) is 0 Å². The molecule has 0 N–H and O–H groups in total. The van der Waals surface area contributed by atoms with E-state index < -0.39 is 0 Å².